The monoisotopic (exact) mass is 280 g/mol. The third kappa shape index (κ3) is 3.34. The highest BCUT2D eigenvalue weighted by atomic mass is 15.2. The lowest BCUT2D eigenvalue weighted by molar-refractivity contribution is 0.378. The fourth-order valence-corrected chi connectivity index (χ4v) is 3.58. The zero-order chi connectivity index (χ0) is 14.5. The summed E-state index contributed by atoms with van der Waals surface area (Å²) in [6.07, 6.45) is 5.88. The van der Waals surface area contributed by atoms with Crippen LogP contribution in [0, 0.1) is 0 Å². The van der Waals surface area contributed by atoms with E-state index in [0.29, 0.717) is 12.0 Å². The van der Waals surface area contributed by atoms with Crippen LogP contribution < -0.4 is 11.3 Å². The van der Waals surface area contributed by atoms with Crippen LogP contribution in [-0.4, -0.2) is 6.04 Å². The fourth-order valence-electron chi connectivity index (χ4n) is 3.58. The molecule has 2 unspecified atom stereocenters. The third-order valence-corrected chi connectivity index (χ3v) is 4.70. The molecule has 0 saturated heterocycles. The van der Waals surface area contributed by atoms with Crippen LogP contribution in [-0.2, 0) is 12.8 Å². The van der Waals surface area contributed by atoms with Crippen LogP contribution >= 0.6 is 0 Å². The van der Waals surface area contributed by atoms with Crippen LogP contribution in [0.2, 0.25) is 0 Å². The van der Waals surface area contributed by atoms with Gasteiger partial charge in [-0.2, -0.15) is 0 Å². The van der Waals surface area contributed by atoms with Gasteiger partial charge in [0.15, 0.2) is 0 Å². The molecule has 0 bridgehead atoms. The van der Waals surface area contributed by atoms with Gasteiger partial charge < -0.3 is 0 Å². The topological polar surface area (TPSA) is 38.0 Å². The highest BCUT2D eigenvalue weighted by molar-refractivity contribution is 5.33. The Hall–Kier alpha value is -1.64. The average Bonchev–Trinajstić information content (AvgIpc) is 2.56. The second kappa shape index (κ2) is 6.88. The Labute approximate surface area is 127 Å². The molecular weight excluding hydrogens is 256 g/mol. The van der Waals surface area contributed by atoms with Crippen molar-refractivity contribution in [3.63, 3.8) is 0 Å². The lowest BCUT2D eigenvalue weighted by Gasteiger charge is -2.32. The van der Waals surface area contributed by atoms with Crippen molar-refractivity contribution in [1.82, 2.24) is 5.43 Å². The molecule has 3 N–H and O–H groups in total. The predicted molar refractivity (Wildman–Crippen MR) is 88.0 cm³/mol. The summed E-state index contributed by atoms with van der Waals surface area (Å²) in [5, 5.41) is 0. The molecule has 0 fully saturated rings. The molecule has 0 spiro atoms. The molecule has 21 heavy (non-hydrogen) atoms. The van der Waals surface area contributed by atoms with E-state index in [-0.39, 0.29) is 0 Å². The van der Waals surface area contributed by atoms with Crippen molar-refractivity contribution < 1.29 is 0 Å². The molecule has 3 rings (SSSR count). The van der Waals surface area contributed by atoms with Crippen LogP contribution in [0.1, 0.15) is 41.9 Å². The number of nitrogens with two attached hydrogens (primary N) is 1. The number of aryl methyl sites for hydroxylation is 2. The molecule has 2 aromatic carbocycles. The first-order valence-corrected chi connectivity index (χ1v) is 7.96. The zero-order valence-corrected chi connectivity index (χ0v) is 12.5. The van der Waals surface area contributed by atoms with E-state index in [2.05, 4.69) is 60.0 Å². The first kappa shape index (κ1) is 14.3. The maximum Gasteiger partial charge on any atom is 0.0282 e. The Balaban J connectivity index is 1.72. The molecule has 110 valence electrons. The molecule has 0 aliphatic heterocycles. The van der Waals surface area contributed by atoms with E-state index in [0.717, 1.165) is 12.8 Å². The number of hydrogen-bond acceptors (Lipinski definition) is 2. The van der Waals surface area contributed by atoms with Gasteiger partial charge in [-0.3, -0.25) is 11.3 Å². The molecule has 0 heterocycles. The van der Waals surface area contributed by atoms with Gasteiger partial charge in [0.25, 0.3) is 0 Å². The molecule has 0 radical (unpaired) electrons. The number of fused-ring (bicyclic) bond motifs is 1. The molecular formula is C19H24N2. The van der Waals surface area contributed by atoms with Crippen molar-refractivity contribution in [3.8, 4) is 0 Å². The van der Waals surface area contributed by atoms with E-state index in [4.69, 9.17) is 5.84 Å². The van der Waals surface area contributed by atoms with E-state index in [1.165, 1.54) is 36.0 Å². The van der Waals surface area contributed by atoms with Gasteiger partial charge in [-0.1, -0.05) is 54.6 Å². The predicted octanol–water partition coefficient (Wildman–Crippen LogP) is 3.57. The molecule has 2 heteroatoms. The summed E-state index contributed by atoms with van der Waals surface area (Å²) in [6.45, 7) is 0. The molecule has 0 aromatic heterocycles. The number of benzene rings is 2. The van der Waals surface area contributed by atoms with Crippen molar-refractivity contribution in [2.24, 2.45) is 5.84 Å². The summed E-state index contributed by atoms with van der Waals surface area (Å²) in [5.74, 6) is 6.42. The summed E-state index contributed by atoms with van der Waals surface area (Å²) in [7, 11) is 0. The Kier molecular flexibility index (Phi) is 4.69. The average molecular weight is 280 g/mol. The molecule has 0 amide bonds. The number of rotatable bonds is 5. The summed E-state index contributed by atoms with van der Waals surface area (Å²) >= 11 is 0. The number of hydrogen-bond donors (Lipinski definition) is 2. The summed E-state index contributed by atoms with van der Waals surface area (Å²) in [4.78, 5) is 0. The third-order valence-electron chi connectivity index (χ3n) is 4.70. The van der Waals surface area contributed by atoms with Gasteiger partial charge in [-0.15, -0.1) is 0 Å². The Bertz CT molecular complexity index is 565. The number of hydrazine groups is 1. The summed E-state index contributed by atoms with van der Waals surface area (Å²) in [5.41, 5.74) is 7.48. The van der Waals surface area contributed by atoms with Crippen LogP contribution in [0.5, 0.6) is 0 Å². The summed E-state index contributed by atoms with van der Waals surface area (Å²) in [6, 6.07) is 19.9. The van der Waals surface area contributed by atoms with Crippen molar-refractivity contribution in [2.45, 2.75) is 44.1 Å². The largest absolute Gasteiger partial charge is 0.271 e. The maximum atomic E-state index is 5.87. The minimum absolute atomic E-state index is 0.353. The maximum absolute atomic E-state index is 5.87. The van der Waals surface area contributed by atoms with Crippen LogP contribution in [0.4, 0.5) is 0 Å². The van der Waals surface area contributed by atoms with Crippen LogP contribution in [0.3, 0.4) is 0 Å². The first-order chi connectivity index (χ1) is 10.4. The number of nitrogens with one attached hydrogen (secondary N) is 1. The molecule has 2 nitrogen and oxygen atoms in total. The van der Waals surface area contributed by atoms with Crippen molar-refractivity contribution in [3.05, 3.63) is 71.3 Å². The van der Waals surface area contributed by atoms with Gasteiger partial charge >= 0.3 is 0 Å². The Morgan fingerprint density at radius 3 is 2.62 bits per heavy atom. The van der Waals surface area contributed by atoms with Gasteiger partial charge in [0.1, 0.15) is 0 Å². The van der Waals surface area contributed by atoms with E-state index in [1.54, 1.807) is 0 Å². The van der Waals surface area contributed by atoms with Gasteiger partial charge in [0, 0.05) is 12.0 Å². The minimum Gasteiger partial charge on any atom is -0.271 e. The van der Waals surface area contributed by atoms with Crippen LogP contribution in [0.25, 0.3) is 0 Å². The Morgan fingerprint density at radius 2 is 1.81 bits per heavy atom. The lowest BCUT2D eigenvalue weighted by Crippen LogP contribution is -2.41. The quantitative estimate of drug-likeness (QED) is 0.649. The van der Waals surface area contributed by atoms with Crippen molar-refractivity contribution in [2.75, 3.05) is 0 Å². The molecule has 2 atom stereocenters. The van der Waals surface area contributed by atoms with Crippen molar-refractivity contribution >= 4 is 0 Å². The zero-order valence-electron chi connectivity index (χ0n) is 12.5. The minimum atomic E-state index is 0.353. The molecule has 1 aliphatic rings. The fraction of sp³-hybridized carbons (Fsp3) is 0.368. The second-order valence-corrected chi connectivity index (χ2v) is 5.99. The summed E-state index contributed by atoms with van der Waals surface area (Å²) < 4.78 is 0. The highest BCUT2D eigenvalue weighted by Gasteiger charge is 2.26. The normalized spacial score (nSPS) is 19.0. The van der Waals surface area contributed by atoms with Gasteiger partial charge in [-0.25, -0.2) is 0 Å². The van der Waals surface area contributed by atoms with E-state index >= 15 is 0 Å². The molecule has 0 saturated carbocycles. The molecule has 1 aliphatic carbocycles. The molecule has 2 aromatic rings. The van der Waals surface area contributed by atoms with E-state index in [1.807, 2.05) is 0 Å². The van der Waals surface area contributed by atoms with Gasteiger partial charge in [-0.05, 0) is 48.8 Å². The Morgan fingerprint density at radius 1 is 1.05 bits per heavy atom. The van der Waals surface area contributed by atoms with Gasteiger partial charge in [0.2, 0.25) is 0 Å². The van der Waals surface area contributed by atoms with E-state index in [9.17, 15) is 0 Å². The van der Waals surface area contributed by atoms with Gasteiger partial charge in [0.05, 0.1) is 0 Å². The van der Waals surface area contributed by atoms with Crippen molar-refractivity contribution in [1.29, 1.82) is 0 Å². The smallest absolute Gasteiger partial charge is 0.0282 e. The SMILES string of the molecule is NNC(CCc1ccccc1)C1CCCc2ccccc21. The first-order valence-electron chi connectivity index (χ1n) is 7.96. The highest BCUT2D eigenvalue weighted by Crippen LogP contribution is 2.35. The van der Waals surface area contributed by atoms with Crippen LogP contribution in [0.15, 0.2) is 54.6 Å². The lowest BCUT2D eigenvalue weighted by atomic mass is 9.77. The van der Waals surface area contributed by atoms with E-state index < -0.39 is 0 Å². The standard InChI is InChI=1S/C19H24N2/c20-21-19(14-13-15-7-2-1-3-8-15)18-12-6-10-16-9-4-5-11-17(16)18/h1-5,7-9,11,18-19,21H,6,10,12-14,20H2. The second-order valence-electron chi connectivity index (χ2n) is 5.99.